The minimum Gasteiger partial charge on any atom is -0.338 e. The highest BCUT2D eigenvalue weighted by Gasteiger charge is 2.06. The summed E-state index contributed by atoms with van der Waals surface area (Å²) in [6.45, 7) is 3.83. The maximum atomic E-state index is 11.3. The molecule has 0 bridgehead atoms. The van der Waals surface area contributed by atoms with Crippen molar-refractivity contribution >= 4 is 11.8 Å². The summed E-state index contributed by atoms with van der Waals surface area (Å²) in [5, 5.41) is 0.639. The minimum atomic E-state index is -0.113. The van der Waals surface area contributed by atoms with E-state index < -0.39 is 0 Å². The summed E-state index contributed by atoms with van der Waals surface area (Å²) in [5.41, 5.74) is 2.76. The Labute approximate surface area is 103 Å². The van der Waals surface area contributed by atoms with E-state index in [4.69, 9.17) is 0 Å². The average Bonchev–Trinajstić information content (AvgIpc) is 2.56. The lowest BCUT2D eigenvalue weighted by atomic mass is 10.4. The van der Waals surface area contributed by atoms with Gasteiger partial charge in [-0.15, -0.1) is 0 Å². The quantitative estimate of drug-likeness (QED) is 0.661. The van der Waals surface area contributed by atoms with Crippen LogP contribution in [0.15, 0.2) is 22.3 Å². The van der Waals surface area contributed by atoms with E-state index in [0.717, 1.165) is 17.1 Å². The fourth-order valence-corrected chi connectivity index (χ4v) is 2.38. The number of aryl methyl sites for hydroxylation is 2. The second kappa shape index (κ2) is 4.75. The molecule has 17 heavy (non-hydrogen) atoms. The molecule has 0 aliphatic carbocycles. The fraction of sp³-hybridized carbons (Fsp3) is 0.364. The average molecular weight is 250 g/mol. The first-order chi connectivity index (χ1) is 8.06. The number of aromatic amines is 1. The Bertz CT molecular complexity index is 587. The summed E-state index contributed by atoms with van der Waals surface area (Å²) in [7, 11) is 1.96. The predicted octanol–water partition coefficient (Wildman–Crippen LogP) is 1.41. The van der Waals surface area contributed by atoms with Crippen molar-refractivity contribution in [1.29, 1.82) is 0 Å². The molecular weight excluding hydrogens is 236 g/mol. The fourth-order valence-electron chi connectivity index (χ4n) is 1.44. The Morgan fingerprint density at radius 2 is 2.24 bits per heavy atom. The van der Waals surface area contributed by atoms with Crippen LogP contribution in [0.5, 0.6) is 0 Å². The number of hydrogen-bond acceptors (Lipinski definition) is 4. The first kappa shape index (κ1) is 11.9. The van der Waals surface area contributed by atoms with Gasteiger partial charge in [0, 0.05) is 30.3 Å². The number of rotatable bonds is 3. The largest absolute Gasteiger partial charge is 0.338 e. The monoisotopic (exact) mass is 250 g/mol. The number of aromatic nitrogens is 4. The van der Waals surface area contributed by atoms with Crippen molar-refractivity contribution in [2.24, 2.45) is 7.05 Å². The molecule has 0 fully saturated rings. The molecule has 2 heterocycles. The number of nitrogens with one attached hydrogen (secondary N) is 1. The van der Waals surface area contributed by atoms with Gasteiger partial charge in [-0.1, -0.05) is 11.8 Å². The van der Waals surface area contributed by atoms with Crippen LogP contribution in [0.4, 0.5) is 0 Å². The van der Waals surface area contributed by atoms with E-state index in [1.165, 1.54) is 17.8 Å². The molecule has 0 radical (unpaired) electrons. The maximum Gasteiger partial charge on any atom is 0.251 e. The highest BCUT2D eigenvalue weighted by molar-refractivity contribution is 7.98. The van der Waals surface area contributed by atoms with Gasteiger partial charge in [-0.05, 0) is 13.8 Å². The van der Waals surface area contributed by atoms with Crippen LogP contribution in [-0.4, -0.2) is 19.5 Å². The van der Waals surface area contributed by atoms with Gasteiger partial charge in [0.05, 0.1) is 12.0 Å². The van der Waals surface area contributed by atoms with Crippen LogP contribution in [-0.2, 0) is 12.8 Å². The Balaban J connectivity index is 2.12. The molecule has 2 rings (SSSR count). The lowest BCUT2D eigenvalue weighted by Crippen LogP contribution is -2.08. The molecule has 2 aromatic rings. The molecule has 0 unspecified atom stereocenters. The smallest absolute Gasteiger partial charge is 0.251 e. The maximum absolute atomic E-state index is 11.3. The van der Waals surface area contributed by atoms with E-state index in [9.17, 15) is 4.79 Å². The molecule has 0 spiro atoms. The van der Waals surface area contributed by atoms with E-state index in [0.29, 0.717) is 10.9 Å². The topological polar surface area (TPSA) is 63.6 Å². The van der Waals surface area contributed by atoms with Crippen LogP contribution in [0, 0.1) is 13.8 Å². The van der Waals surface area contributed by atoms with Crippen LogP contribution in [0.3, 0.4) is 0 Å². The molecule has 0 saturated carbocycles. The molecule has 0 aliphatic heterocycles. The van der Waals surface area contributed by atoms with Crippen LogP contribution in [0.25, 0.3) is 0 Å². The molecule has 1 N–H and O–H groups in total. The summed E-state index contributed by atoms with van der Waals surface area (Å²) < 4.78 is 1.97. The summed E-state index contributed by atoms with van der Waals surface area (Å²) in [6.07, 6.45) is 1.79. The van der Waals surface area contributed by atoms with Crippen LogP contribution < -0.4 is 5.56 Å². The third-order valence-corrected chi connectivity index (χ3v) is 3.41. The lowest BCUT2D eigenvalue weighted by Gasteiger charge is -2.01. The van der Waals surface area contributed by atoms with E-state index in [1.54, 1.807) is 6.33 Å². The summed E-state index contributed by atoms with van der Waals surface area (Å²) in [4.78, 5) is 22.5. The summed E-state index contributed by atoms with van der Waals surface area (Å²) >= 11 is 1.49. The highest BCUT2D eigenvalue weighted by Crippen LogP contribution is 2.19. The molecule has 5 nitrogen and oxygen atoms in total. The molecule has 90 valence electrons. The Hall–Kier alpha value is -1.56. The molecular formula is C11H14N4OS. The van der Waals surface area contributed by atoms with Crippen LogP contribution >= 0.6 is 11.8 Å². The molecule has 2 aromatic heterocycles. The van der Waals surface area contributed by atoms with Crippen molar-refractivity contribution in [3.05, 3.63) is 39.8 Å². The number of thioether (sulfide) groups is 1. The van der Waals surface area contributed by atoms with Crippen molar-refractivity contribution in [2.75, 3.05) is 0 Å². The molecule has 0 amide bonds. The van der Waals surface area contributed by atoms with Gasteiger partial charge in [-0.2, -0.15) is 0 Å². The van der Waals surface area contributed by atoms with E-state index >= 15 is 0 Å². The van der Waals surface area contributed by atoms with Gasteiger partial charge < -0.3 is 9.55 Å². The van der Waals surface area contributed by atoms with Crippen molar-refractivity contribution in [1.82, 2.24) is 19.5 Å². The van der Waals surface area contributed by atoms with Gasteiger partial charge in [0.25, 0.3) is 5.56 Å². The van der Waals surface area contributed by atoms with E-state index in [2.05, 4.69) is 15.0 Å². The third kappa shape index (κ3) is 2.76. The van der Waals surface area contributed by atoms with E-state index in [1.807, 2.05) is 25.5 Å². The molecule has 6 heteroatoms. The van der Waals surface area contributed by atoms with Crippen molar-refractivity contribution in [2.45, 2.75) is 24.8 Å². The molecule has 0 atom stereocenters. The van der Waals surface area contributed by atoms with Gasteiger partial charge in [-0.3, -0.25) is 4.79 Å². The predicted molar refractivity (Wildman–Crippen MR) is 67.1 cm³/mol. The Kier molecular flexibility index (Phi) is 3.33. The number of H-pyrrole nitrogens is 1. The second-order valence-corrected chi connectivity index (χ2v) is 4.83. The van der Waals surface area contributed by atoms with Crippen LogP contribution in [0.1, 0.15) is 17.1 Å². The SMILES string of the molecule is Cc1cc(=O)[nH]c(SCc2ncn(C)c2C)n1. The Morgan fingerprint density at radius 3 is 2.82 bits per heavy atom. The lowest BCUT2D eigenvalue weighted by molar-refractivity contribution is 0.870. The van der Waals surface area contributed by atoms with Crippen LogP contribution in [0.2, 0.25) is 0 Å². The minimum absolute atomic E-state index is 0.113. The van der Waals surface area contributed by atoms with Crippen molar-refractivity contribution in [3.63, 3.8) is 0 Å². The zero-order valence-corrected chi connectivity index (χ0v) is 10.8. The molecule has 0 saturated heterocycles. The highest BCUT2D eigenvalue weighted by atomic mass is 32.2. The van der Waals surface area contributed by atoms with Gasteiger partial charge in [0.1, 0.15) is 0 Å². The van der Waals surface area contributed by atoms with Crippen molar-refractivity contribution in [3.8, 4) is 0 Å². The Morgan fingerprint density at radius 1 is 1.47 bits per heavy atom. The zero-order valence-electron chi connectivity index (χ0n) is 10.0. The van der Waals surface area contributed by atoms with Gasteiger partial charge in [0.2, 0.25) is 0 Å². The van der Waals surface area contributed by atoms with Crippen molar-refractivity contribution < 1.29 is 0 Å². The summed E-state index contributed by atoms with van der Waals surface area (Å²) in [6, 6.07) is 1.48. The third-order valence-electron chi connectivity index (χ3n) is 2.53. The molecule has 0 aliphatic rings. The normalized spacial score (nSPS) is 10.8. The number of hydrogen-bond donors (Lipinski definition) is 1. The molecule has 0 aromatic carbocycles. The first-order valence-corrected chi connectivity index (χ1v) is 6.22. The van der Waals surface area contributed by atoms with E-state index in [-0.39, 0.29) is 5.56 Å². The van der Waals surface area contributed by atoms with Gasteiger partial charge in [-0.25, -0.2) is 9.97 Å². The zero-order chi connectivity index (χ0) is 12.4. The number of nitrogens with zero attached hydrogens (tertiary/aromatic N) is 3. The second-order valence-electron chi connectivity index (χ2n) is 3.87. The first-order valence-electron chi connectivity index (χ1n) is 5.24. The number of imidazole rings is 1. The summed E-state index contributed by atoms with van der Waals surface area (Å²) in [5.74, 6) is 0.707. The van der Waals surface area contributed by atoms with Gasteiger partial charge >= 0.3 is 0 Å². The standard InChI is InChI=1S/C11H14N4OS/c1-7-4-10(16)14-11(13-7)17-5-9-8(2)15(3)6-12-9/h4,6H,5H2,1-3H3,(H,13,14,16). The van der Waals surface area contributed by atoms with Gasteiger partial charge in [0.15, 0.2) is 5.16 Å².